The molecule has 0 spiro atoms. The standard InChI is InChI=1S/C18H27FN2/c1-12(20)18(16-5-3-4-6-17(16)19)21(2)11-15-10-13-7-8-14(15)9-13/h3-6,12-15,18H,7-11,20H2,1-2H3. The van der Waals surface area contributed by atoms with E-state index in [0.29, 0.717) is 0 Å². The Morgan fingerprint density at radius 2 is 2.05 bits per heavy atom. The molecule has 2 N–H and O–H groups in total. The van der Waals surface area contributed by atoms with Gasteiger partial charge in [-0.3, -0.25) is 4.90 Å². The fourth-order valence-corrected chi connectivity index (χ4v) is 4.72. The summed E-state index contributed by atoms with van der Waals surface area (Å²) in [7, 11) is 2.10. The fourth-order valence-electron chi connectivity index (χ4n) is 4.72. The Kier molecular flexibility index (Phi) is 4.32. The van der Waals surface area contributed by atoms with Crippen molar-refractivity contribution in [2.24, 2.45) is 23.5 Å². The lowest BCUT2D eigenvalue weighted by molar-refractivity contribution is 0.156. The van der Waals surface area contributed by atoms with E-state index in [1.165, 1.54) is 31.7 Å². The predicted octanol–water partition coefficient (Wildman–Crippen LogP) is 3.58. The van der Waals surface area contributed by atoms with Crippen molar-refractivity contribution < 1.29 is 4.39 Å². The SMILES string of the molecule is CC(N)C(c1ccccc1F)N(C)CC1CC2CCC1C2. The van der Waals surface area contributed by atoms with E-state index in [-0.39, 0.29) is 17.9 Å². The molecule has 0 aromatic heterocycles. The van der Waals surface area contributed by atoms with Gasteiger partial charge in [-0.15, -0.1) is 0 Å². The van der Waals surface area contributed by atoms with Gasteiger partial charge in [0.1, 0.15) is 5.82 Å². The molecule has 0 amide bonds. The van der Waals surface area contributed by atoms with Crippen molar-refractivity contribution in [2.75, 3.05) is 13.6 Å². The molecule has 5 atom stereocenters. The topological polar surface area (TPSA) is 29.3 Å². The molecule has 3 heteroatoms. The number of nitrogens with two attached hydrogens (primary N) is 1. The van der Waals surface area contributed by atoms with Gasteiger partial charge in [0.15, 0.2) is 0 Å². The summed E-state index contributed by atoms with van der Waals surface area (Å²) < 4.78 is 14.1. The summed E-state index contributed by atoms with van der Waals surface area (Å²) in [5.41, 5.74) is 6.91. The highest BCUT2D eigenvalue weighted by Crippen LogP contribution is 2.48. The summed E-state index contributed by atoms with van der Waals surface area (Å²) in [4.78, 5) is 2.29. The van der Waals surface area contributed by atoms with Gasteiger partial charge in [0.2, 0.25) is 0 Å². The molecule has 2 saturated carbocycles. The molecule has 1 aromatic carbocycles. The van der Waals surface area contributed by atoms with E-state index in [2.05, 4.69) is 11.9 Å². The van der Waals surface area contributed by atoms with Gasteiger partial charge in [0.05, 0.1) is 6.04 Å². The zero-order valence-corrected chi connectivity index (χ0v) is 13.1. The predicted molar refractivity (Wildman–Crippen MR) is 84.4 cm³/mol. The minimum Gasteiger partial charge on any atom is -0.326 e. The Bertz CT molecular complexity index is 488. The summed E-state index contributed by atoms with van der Waals surface area (Å²) in [6, 6.07) is 6.94. The summed E-state index contributed by atoms with van der Waals surface area (Å²) in [5, 5.41) is 0. The van der Waals surface area contributed by atoms with Crippen molar-refractivity contribution in [2.45, 2.75) is 44.7 Å². The van der Waals surface area contributed by atoms with Gasteiger partial charge in [0, 0.05) is 18.2 Å². The summed E-state index contributed by atoms with van der Waals surface area (Å²) >= 11 is 0. The van der Waals surface area contributed by atoms with Crippen LogP contribution >= 0.6 is 0 Å². The van der Waals surface area contributed by atoms with Gasteiger partial charge in [-0.25, -0.2) is 4.39 Å². The quantitative estimate of drug-likeness (QED) is 0.898. The molecular weight excluding hydrogens is 263 g/mol. The van der Waals surface area contributed by atoms with Gasteiger partial charge < -0.3 is 5.73 Å². The lowest BCUT2D eigenvalue weighted by Gasteiger charge is -2.35. The molecule has 5 unspecified atom stereocenters. The smallest absolute Gasteiger partial charge is 0.128 e. The Morgan fingerprint density at radius 3 is 2.62 bits per heavy atom. The van der Waals surface area contributed by atoms with E-state index >= 15 is 0 Å². The number of benzene rings is 1. The zero-order valence-electron chi connectivity index (χ0n) is 13.1. The van der Waals surface area contributed by atoms with E-state index in [1.54, 1.807) is 6.07 Å². The van der Waals surface area contributed by atoms with Crippen LogP contribution in [0.2, 0.25) is 0 Å². The summed E-state index contributed by atoms with van der Waals surface area (Å²) in [5.74, 6) is 2.49. The molecule has 0 aliphatic heterocycles. The fraction of sp³-hybridized carbons (Fsp3) is 0.667. The van der Waals surface area contributed by atoms with Crippen LogP contribution in [-0.4, -0.2) is 24.5 Å². The number of fused-ring (bicyclic) bond motifs is 2. The normalized spacial score (nSPS) is 30.8. The monoisotopic (exact) mass is 290 g/mol. The zero-order chi connectivity index (χ0) is 15.0. The molecule has 2 nitrogen and oxygen atoms in total. The molecule has 3 rings (SSSR count). The Morgan fingerprint density at radius 1 is 1.29 bits per heavy atom. The van der Waals surface area contributed by atoms with Crippen molar-refractivity contribution in [3.05, 3.63) is 35.6 Å². The highest BCUT2D eigenvalue weighted by molar-refractivity contribution is 5.22. The summed E-state index contributed by atoms with van der Waals surface area (Å²) in [6.07, 6.45) is 5.60. The minimum atomic E-state index is -0.139. The van der Waals surface area contributed by atoms with Crippen LogP contribution in [0.1, 0.15) is 44.2 Å². The van der Waals surface area contributed by atoms with Crippen molar-refractivity contribution in [3.63, 3.8) is 0 Å². The van der Waals surface area contributed by atoms with Gasteiger partial charge in [0.25, 0.3) is 0 Å². The molecule has 21 heavy (non-hydrogen) atoms. The average Bonchev–Trinajstić information content (AvgIpc) is 3.03. The molecule has 2 bridgehead atoms. The number of hydrogen-bond donors (Lipinski definition) is 1. The highest BCUT2D eigenvalue weighted by atomic mass is 19.1. The second-order valence-electron chi connectivity index (χ2n) is 7.20. The molecule has 0 heterocycles. The molecule has 1 aromatic rings. The average molecular weight is 290 g/mol. The highest BCUT2D eigenvalue weighted by Gasteiger charge is 2.40. The van der Waals surface area contributed by atoms with Crippen molar-refractivity contribution >= 4 is 0 Å². The summed E-state index contributed by atoms with van der Waals surface area (Å²) in [6.45, 7) is 3.02. The Labute approximate surface area is 127 Å². The van der Waals surface area contributed by atoms with Crippen molar-refractivity contribution in [1.82, 2.24) is 4.90 Å². The number of likely N-dealkylation sites (N-methyl/N-ethyl adjacent to an activating group) is 1. The maximum atomic E-state index is 14.1. The Hall–Kier alpha value is -0.930. The maximum Gasteiger partial charge on any atom is 0.128 e. The Balaban J connectivity index is 1.73. The van der Waals surface area contributed by atoms with E-state index in [1.807, 2.05) is 19.1 Å². The van der Waals surface area contributed by atoms with Gasteiger partial charge in [-0.2, -0.15) is 0 Å². The molecule has 2 fully saturated rings. The van der Waals surface area contributed by atoms with Crippen LogP contribution < -0.4 is 5.73 Å². The van der Waals surface area contributed by atoms with Crippen LogP contribution in [-0.2, 0) is 0 Å². The number of halogens is 1. The maximum absolute atomic E-state index is 14.1. The van der Waals surface area contributed by atoms with Crippen molar-refractivity contribution in [3.8, 4) is 0 Å². The number of hydrogen-bond acceptors (Lipinski definition) is 2. The van der Waals surface area contributed by atoms with Crippen LogP contribution in [0.25, 0.3) is 0 Å². The van der Waals surface area contributed by atoms with Crippen LogP contribution in [0, 0.1) is 23.6 Å². The molecule has 0 saturated heterocycles. The third-order valence-corrected chi connectivity index (χ3v) is 5.60. The van der Waals surface area contributed by atoms with E-state index < -0.39 is 0 Å². The van der Waals surface area contributed by atoms with Gasteiger partial charge in [-0.05, 0) is 57.1 Å². The van der Waals surface area contributed by atoms with Gasteiger partial charge in [-0.1, -0.05) is 24.6 Å². The lowest BCUT2D eigenvalue weighted by atomic mass is 9.87. The minimum absolute atomic E-state index is 0.0367. The van der Waals surface area contributed by atoms with Gasteiger partial charge >= 0.3 is 0 Å². The molecular formula is C18H27FN2. The first-order chi connectivity index (χ1) is 10.1. The van der Waals surface area contributed by atoms with Crippen LogP contribution in [0.4, 0.5) is 4.39 Å². The second-order valence-corrected chi connectivity index (χ2v) is 7.20. The van der Waals surface area contributed by atoms with Crippen LogP contribution in [0.15, 0.2) is 24.3 Å². The molecule has 2 aliphatic carbocycles. The first kappa shape index (κ1) is 15.0. The van der Waals surface area contributed by atoms with Crippen molar-refractivity contribution in [1.29, 1.82) is 0 Å². The third-order valence-electron chi connectivity index (χ3n) is 5.60. The first-order valence-electron chi connectivity index (χ1n) is 8.26. The van der Waals surface area contributed by atoms with Crippen LogP contribution in [0.5, 0.6) is 0 Å². The van der Waals surface area contributed by atoms with E-state index in [9.17, 15) is 4.39 Å². The molecule has 116 valence electrons. The molecule has 2 aliphatic rings. The largest absolute Gasteiger partial charge is 0.326 e. The third kappa shape index (κ3) is 3.00. The first-order valence-corrected chi connectivity index (χ1v) is 8.26. The number of nitrogens with zero attached hydrogens (tertiary/aromatic N) is 1. The van der Waals surface area contributed by atoms with Crippen LogP contribution in [0.3, 0.4) is 0 Å². The second kappa shape index (κ2) is 6.05. The number of rotatable bonds is 5. The lowest BCUT2D eigenvalue weighted by Crippen LogP contribution is -2.40. The van der Waals surface area contributed by atoms with E-state index in [0.717, 1.165) is 29.9 Å². The molecule has 0 radical (unpaired) electrons. The van der Waals surface area contributed by atoms with E-state index in [4.69, 9.17) is 5.73 Å².